The average molecular weight is 329 g/mol. The van der Waals surface area contributed by atoms with E-state index in [9.17, 15) is 0 Å². The fourth-order valence-corrected chi connectivity index (χ4v) is 3.70. The van der Waals surface area contributed by atoms with Gasteiger partial charge in [0, 0.05) is 0 Å². The normalized spacial score (nSPS) is 19.0. The molecule has 0 spiro atoms. The Hall–Kier alpha value is -1.24. The van der Waals surface area contributed by atoms with Crippen LogP contribution in [0.4, 0.5) is 0 Å². The van der Waals surface area contributed by atoms with Crippen LogP contribution >= 0.6 is 0 Å². The monoisotopic (exact) mass is 328 g/mol. The molecule has 0 saturated carbocycles. The highest BCUT2D eigenvalue weighted by Crippen LogP contribution is 2.33. The minimum atomic E-state index is 0.696. The Morgan fingerprint density at radius 3 is 2.46 bits per heavy atom. The molecular weight excluding hydrogens is 292 g/mol. The molecule has 134 valence electrons. The summed E-state index contributed by atoms with van der Waals surface area (Å²) < 4.78 is 6.03. The molecule has 1 nitrogen and oxygen atoms in total. The van der Waals surface area contributed by atoms with E-state index in [-0.39, 0.29) is 0 Å². The molecule has 0 amide bonds. The lowest BCUT2D eigenvalue weighted by Crippen LogP contribution is -2.11. The van der Waals surface area contributed by atoms with Gasteiger partial charge in [-0.25, -0.2) is 0 Å². The minimum absolute atomic E-state index is 0.696. The van der Waals surface area contributed by atoms with Gasteiger partial charge in [0.05, 0.1) is 6.61 Å². The molecule has 0 fully saturated rings. The third-order valence-corrected chi connectivity index (χ3v) is 5.47. The number of allylic oxidation sites excluding steroid dienone is 2. The van der Waals surface area contributed by atoms with Crippen LogP contribution in [0.15, 0.2) is 30.3 Å². The molecule has 2 rings (SSSR count). The van der Waals surface area contributed by atoms with E-state index in [1.165, 1.54) is 68.9 Å². The molecule has 0 heterocycles. The third kappa shape index (κ3) is 6.00. The zero-order valence-electron chi connectivity index (χ0n) is 16.0. The average Bonchev–Trinajstić information content (AvgIpc) is 2.63. The van der Waals surface area contributed by atoms with E-state index in [0.717, 1.165) is 18.3 Å². The highest BCUT2D eigenvalue weighted by atomic mass is 16.5. The Labute approximate surface area is 149 Å². The van der Waals surface area contributed by atoms with Gasteiger partial charge in [0.15, 0.2) is 0 Å². The largest absolute Gasteiger partial charge is 0.493 e. The predicted molar refractivity (Wildman–Crippen MR) is 105 cm³/mol. The molecule has 1 heteroatoms. The van der Waals surface area contributed by atoms with Gasteiger partial charge in [0.25, 0.3) is 0 Å². The summed E-state index contributed by atoms with van der Waals surface area (Å²) in [6, 6.07) is 8.80. The van der Waals surface area contributed by atoms with Crippen molar-refractivity contribution in [3.8, 4) is 5.75 Å². The molecule has 0 N–H and O–H groups in total. The lowest BCUT2D eigenvalue weighted by molar-refractivity contribution is 0.233. The third-order valence-electron chi connectivity index (χ3n) is 5.47. The van der Waals surface area contributed by atoms with Crippen LogP contribution in [0.3, 0.4) is 0 Å². The first-order valence-corrected chi connectivity index (χ1v) is 10.2. The van der Waals surface area contributed by atoms with Crippen molar-refractivity contribution in [1.82, 2.24) is 0 Å². The zero-order valence-corrected chi connectivity index (χ0v) is 16.0. The van der Waals surface area contributed by atoms with Crippen molar-refractivity contribution in [2.24, 2.45) is 11.8 Å². The lowest BCUT2D eigenvalue weighted by atomic mass is 9.84. The van der Waals surface area contributed by atoms with Crippen molar-refractivity contribution in [3.05, 3.63) is 35.9 Å². The molecule has 0 radical (unpaired) electrons. The topological polar surface area (TPSA) is 9.23 Å². The van der Waals surface area contributed by atoms with Gasteiger partial charge < -0.3 is 4.74 Å². The molecule has 0 bridgehead atoms. The van der Waals surface area contributed by atoms with E-state index in [4.69, 9.17) is 4.74 Å². The molecule has 1 aromatic rings. The Bertz CT molecular complexity index is 485. The summed E-state index contributed by atoms with van der Waals surface area (Å²) >= 11 is 0. The summed E-state index contributed by atoms with van der Waals surface area (Å²) in [6.07, 6.45) is 14.1. The maximum atomic E-state index is 6.03. The Kier molecular flexibility index (Phi) is 8.42. The maximum Gasteiger partial charge on any atom is 0.119 e. The van der Waals surface area contributed by atoms with Gasteiger partial charge >= 0.3 is 0 Å². The van der Waals surface area contributed by atoms with Crippen LogP contribution in [0.5, 0.6) is 5.75 Å². The molecule has 24 heavy (non-hydrogen) atoms. The molecule has 0 saturated heterocycles. The quantitative estimate of drug-likeness (QED) is 0.439. The fraction of sp³-hybridized carbons (Fsp3) is 0.652. The fourth-order valence-electron chi connectivity index (χ4n) is 3.70. The van der Waals surface area contributed by atoms with Gasteiger partial charge in [-0.05, 0) is 60.8 Å². The number of rotatable bonds is 10. The number of hydrogen-bond acceptors (Lipinski definition) is 1. The summed E-state index contributed by atoms with van der Waals surface area (Å²) in [5.41, 5.74) is 2.92. The van der Waals surface area contributed by atoms with Crippen molar-refractivity contribution in [2.45, 2.75) is 78.6 Å². The van der Waals surface area contributed by atoms with Crippen LogP contribution in [0.1, 0.15) is 84.1 Å². The summed E-state index contributed by atoms with van der Waals surface area (Å²) in [4.78, 5) is 0. The maximum absolute atomic E-state index is 6.03. The summed E-state index contributed by atoms with van der Waals surface area (Å²) in [5.74, 6) is 2.63. The number of ether oxygens (including phenoxy) is 1. The lowest BCUT2D eigenvalue weighted by Gasteiger charge is -2.22. The molecule has 1 aliphatic carbocycles. The van der Waals surface area contributed by atoms with Crippen molar-refractivity contribution in [2.75, 3.05) is 6.61 Å². The van der Waals surface area contributed by atoms with Crippen LogP contribution in [-0.2, 0) is 0 Å². The van der Waals surface area contributed by atoms with Crippen molar-refractivity contribution >= 4 is 5.57 Å². The van der Waals surface area contributed by atoms with E-state index in [0.29, 0.717) is 5.92 Å². The van der Waals surface area contributed by atoms with Gasteiger partial charge in [0.1, 0.15) is 5.75 Å². The molecular formula is C23H36O. The first-order chi connectivity index (χ1) is 11.8. The molecule has 0 aromatic heterocycles. The standard InChI is InChI=1S/C23H36O/c1-4-7-9-19(6-3)18-24-23-16-14-22(15-17-23)21-12-10-20(8-5-2)11-13-21/h12,14-17,19-20H,4-11,13,18H2,1-3H3. The second-order valence-electron chi connectivity index (χ2n) is 7.41. The highest BCUT2D eigenvalue weighted by molar-refractivity contribution is 5.66. The SMILES string of the molecule is CCCCC(CC)COc1ccc(C2=CCC(CCC)CC2)cc1. The second-order valence-corrected chi connectivity index (χ2v) is 7.41. The molecule has 1 aliphatic rings. The zero-order chi connectivity index (χ0) is 17.2. The second kappa shape index (κ2) is 10.6. The van der Waals surface area contributed by atoms with Crippen molar-refractivity contribution in [1.29, 1.82) is 0 Å². The van der Waals surface area contributed by atoms with E-state index < -0.39 is 0 Å². The van der Waals surface area contributed by atoms with Gasteiger partial charge in [-0.3, -0.25) is 0 Å². The van der Waals surface area contributed by atoms with E-state index in [1.54, 1.807) is 0 Å². The number of benzene rings is 1. The van der Waals surface area contributed by atoms with Crippen molar-refractivity contribution < 1.29 is 4.74 Å². The summed E-state index contributed by atoms with van der Waals surface area (Å²) in [7, 11) is 0. The Balaban J connectivity index is 1.84. The van der Waals surface area contributed by atoms with Gasteiger partial charge in [-0.2, -0.15) is 0 Å². The number of unbranched alkanes of at least 4 members (excludes halogenated alkanes) is 1. The van der Waals surface area contributed by atoms with E-state index in [1.807, 2.05) is 0 Å². The minimum Gasteiger partial charge on any atom is -0.493 e. The Morgan fingerprint density at radius 1 is 1.08 bits per heavy atom. The van der Waals surface area contributed by atoms with Crippen LogP contribution in [-0.4, -0.2) is 6.61 Å². The summed E-state index contributed by atoms with van der Waals surface area (Å²) in [6.45, 7) is 7.69. The molecule has 0 aliphatic heterocycles. The van der Waals surface area contributed by atoms with Crippen LogP contribution in [0.2, 0.25) is 0 Å². The first kappa shape index (κ1) is 19.1. The highest BCUT2D eigenvalue weighted by Gasteiger charge is 2.14. The Morgan fingerprint density at radius 2 is 1.88 bits per heavy atom. The van der Waals surface area contributed by atoms with Crippen LogP contribution in [0, 0.1) is 11.8 Å². The number of hydrogen-bond donors (Lipinski definition) is 0. The van der Waals surface area contributed by atoms with E-state index in [2.05, 4.69) is 51.1 Å². The van der Waals surface area contributed by atoms with Gasteiger partial charge in [0.2, 0.25) is 0 Å². The summed E-state index contributed by atoms with van der Waals surface area (Å²) in [5, 5.41) is 0. The van der Waals surface area contributed by atoms with Crippen molar-refractivity contribution in [3.63, 3.8) is 0 Å². The van der Waals surface area contributed by atoms with Crippen LogP contribution in [0.25, 0.3) is 5.57 Å². The molecule has 2 atom stereocenters. The molecule has 2 unspecified atom stereocenters. The smallest absolute Gasteiger partial charge is 0.119 e. The predicted octanol–water partition coefficient (Wildman–Crippen LogP) is 7.27. The van der Waals surface area contributed by atoms with E-state index >= 15 is 0 Å². The van der Waals surface area contributed by atoms with Gasteiger partial charge in [-0.15, -0.1) is 0 Å². The molecule has 1 aromatic carbocycles. The van der Waals surface area contributed by atoms with Crippen LogP contribution < -0.4 is 4.74 Å². The van der Waals surface area contributed by atoms with Gasteiger partial charge in [-0.1, -0.05) is 71.1 Å². The first-order valence-electron chi connectivity index (χ1n) is 10.2.